The SMILES string of the molecule is COC(=O)C(NC(=O)c1ccc(C#Cc2ccc(CO)cc2)cc1)C(C)(C)CC(=O)OC(C)(C)C. The van der Waals surface area contributed by atoms with E-state index >= 15 is 0 Å². The molecular weight excluding hydrogens is 446 g/mol. The number of carbonyl (C=O) groups is 3. The van der Waals surface area contributed by atoms with Crippen LogP contribution < -0.4 is 5.32 Å². The summed E-state index contributed by atoms with van der Waals surface area (Å²) < 4.78 is 10.3. The lowest BCUT2D eigenvalue weighted by Crippen LogP contribution is -2.51. The van der Waals surface area contributed by atoms with Crippen LogP contribution in [0.15, 0.2) is 48.5 Å². The van der Waals surface area contributed by atoms with Crippen molar-refractivity contribution in [2.45, 2.75) is 59.3 Å². The van der Waals surface area contributed by atoms with E-state index in [1.165, 1.54) is 7.11 Å². The van der Waals surface area contributed by atoms with Crippen molar-refractivity contribution >= 4 is 17.8 Å². The zero-order chi connectivity index (χ0) is 26.2. The van der Waals surface area contributed by atoms with E-state index in [0.717, 1.165) is 11.1 Å². The van der Waals surface area contributed by atoms with Gasteiger partial charge in [0, 0.05) is 22.1 Å². The predicted octanol–water partition coefficient (Wildman–Crippen LogP) is 3.61. The highest BCUT2D eigenvalue weighted by atomic mass is 16.6. The van der Waals surface area contributed by atoms with Crippen molar-refractivity contribution in [2.75, 3.05) is 7.11 Å². The summed E-state index contributed by atoms with van der Waals surface area (Å²) in [5.41, 5.74) is 1.04. The van der Waals surface area contributed by atoms with E-state index < -0.39 is 34.9 Å². The van der Waals surface area contributed by atoms with Gasteiger partial charge in [0.05, 0.1) is 20.1 Å². The van der Waals surface area contributed by atoms with E-state index in [0.29, 0.717) is 11.1 Å². The number of aliphatic hydroxyl groups is 1. The van der Waals surface area contributed by atoms with Crippen LogP contribution in [0.3, 0.4) is 0 Å². The first-order valence-electron chi connectivity index (χ1n) is 11.3. The number of nitrogens with one attached hydrogen (secondary N) is 1. The van der Waals surface area contributed by atoms with Gasteiger partial charge in [-0.25, -0.2) is 4.79 Å². The van der Waals surface area contributed by atoms with Gasteiger partial charge in [0.25, 0.3) is 5.91 Å². The molecule has 0 aliphatic carbocycles. The molecule has 35 heavy (non-hydrogen) atoms. The summed E-state index contributed by atoms with van der Waals surface area (Å²) in [6.07, 6.45) is -0.0852. The number of hydrogen-bond donors (Lipinski definition) is 2. The number of benzene rings is 2. The van der Waals surface area contributed by atoms with Gasteiger partial charge in [0.2, 0.25) is 0 Å². The van der Waals surface area contributed by atoms with E-state index in [9.17, 15) is 14.4 Å². The quantitative estimate of drug-likeness (QED) is 0.465. The Kier molecular flexibility index (Phi) is 9.21. The van der Waals surface area contributed by atoms with Crippen molar-refractivity contribution < 1.29 is 29.0 Å². The van der Waals surface area contributed by atoms with Crippen molar-refractivity contribution in [3.8, 4) is 11.8 Å². The molecule has 0 aromatic heterocycles. The minimum Gasteiger partial charge on any atom is -0.467 e. The summed E-state index contributed by atoms with van der Waals surface area (Å²) >= 11 is 0. The number of rotatable bonds is 7. The van der Waals surface area contributed by atoms with Gasteiger partial charge in [0.1, 0.15) is 11.6 Å². The highest BCUT2D eigenvalue weighted by Gasteiger charge is 2.40. The Labute approximate surface area is 206 Å². The second-order valence-electron chi connectivity index (χ2n) is 9.86. The molecule has 2 rings (SSSR count). The largest absolute Gasteiger partial charge is 0.467 e. The minimum absolute atomic E-state index is 0.0216. The standard InChI is InChI=1S/C28H33NO6/c1-27(2,3)35-23(31)17-28(4,5)24(26(33)34-6)29-25(32)22-15-13-20(14-16-22)8-7-19-9-11-21(18-30)12-10-19/h9-16,24,30H,17-18H2,1-6H3,(H,29,32). The summed E-state index contributed by atoms with van der Waals surface area (Å²) in [6, 6.07) is 12.9. The number of esters is 2. The number of methoxy groups -OCH3 is 1. The van der Waals surface area contributed by atoms with Crippen LogP contribution in [0.2, 0.25) is 0 Å². The molecule has 0 saturated heterocycles. The Hall–Kier alpha value is -3.63. The van der Waals surface area contributed by atoms with Crippen LogP contribution in [0.1, 0.15) is 68.1 Å². The molecule has 7 nitrogen and oxygen atoms in total. The lowest BCUT2D eigenvalue weighted by molar-refractivity contribution is -0.159. The van der Waals surface area contributed by atoms with Crippen LogP contribution in [0.4, 0.5) is 0 Å². The number of carbonyl (C=O) groups excluding carboxylic acids is 3. The molecule has 0 aliphatic rings. The third-order valence-corrected chi connectivity index (χ3v) is 5.15. The van der Waals surface area contributed by atoms with Crippen molar-refractivity contribution in [1.82, 2.24) is 5.32 Å². The van der Waals surface area contributed by atoms with Gasteiger partial charge in [-0.15, -0.1) is 0 Å². The van der Waals surface area contributed by atoms with Crippen molar-refractivity contribution in [2.24, 2.45) is 5.41 Å². The van der Waals surface area contributed by atoms with Gasteiger partial charge in [-0.05, 0) is 62.7 Å². The number of hydrogen-bond acceptors (Lipinski definition) is 6. The monoisotopic (exact) mass is 479 g/mol. The number of aliphatic hydroxyl groups excluding tert-OH is 1. The average Bonchev–Trinajstić information content (AvgIpc) is 2.79. The first kappa shape index (κ1) is 27.6. The predicted molar refractivity (Wildman–Crippen MR) is 132 cm³/mol. The second kappa shape index (κ2) is 11.7. The maximum Gasteiger partial charge on any atom is 0.328 e. The van der Waals surface area contributed by atoms with Gasteiger partial charge < -0.3 is 19.9 Å². The maximum absolute atomic E-state index is 12.9. The van der Waals surface area contributed by atoms with Crippen molar-refractivity contribution in [1.29, 1.82) is 0 Å². The van der Waals surface area contributed by atoms with Crippen LogP contribution in [0, 0.1) is 17.3 Å². The molecule has 2 aromatic rings. The first-order valence-corrected chi connectivity index (χ1v) is 11.3. The Morgan fingerprint density at radius 2 is 1.43 bits per heavy atom. The molecular formula is C28H33NO6. The van der Waals surface area contributed by atoms with Gasteiger partial charge in [-0.2, -0.15) is 0 Å². The molecule has 1 amide bonds. The normalized spacial score (nSPS) is 12.1. The molecule has 0 radical (unpaired) electrons. The fourth-order valence-electron chi connectivity index (χ4n) is 3.30. The molecule has 0 bridgehead atoms. The Balaban J connectivity index is 2.13. The van der Waals surface area contributed by atoms with Gasteiger partial charge in [-0.3, -0.25) is 9.59 Å². The van der Waals surface area contributed by atoms with E-state index in [1.807, 2.05) is 12.1 Å². The fourth-order valence-corrected chi connectivity index (χ4v) is 3.30. The zero-order valence-electron chi connectivity index (χ0n) is 21.1. The number of ether oxygens (including phenoxy) is 2. The van der Waals surface area contributed by atoms with Crippen molar-refractivity contribution in [3.63, 3.8) is 0 Å². The van der Waals surface area contributed by atoms with E-state index in [4.69, 9.17) is 14.6 Å². The van der Waals surface area contributed by atoms with E-state index in [1.54, 1.807) is 71.0 Å². The molecule has 7 heteroatoms. The summed E-state index contributed by atoms with van der Waals surface area (Å²) in [6.45, 7) is 8.66. The van der Waals surface area contributed by atoms with Crippen molar-refractivity contribution in [3.05, 3.63) is 70.8 Å². The molecule has 0 saturated carbocycles. The third-order valence-electron chi connectivity index (χ3n) is 5.15. The highest BCUT2D eigenvalue weighted by molar-refractivity contribution is 5.97. The molecule has 2 N–H and O–H groups in total. The zero-order valence-corrected chi connectivity index (χ0v) is 21.1. The molecule has 186 valence electrons. The lowest BCUT2D eigenvalue weighted by atomic mass is 9.80. The summed E-state index contributed by atoms with van der Waals surface area (Å²) in [7, 11) is 1.23. The molecule has 0 aliphatic heterocycles. The Morgan fingerprint density at radius 1 is 0.914 bits per heavy atom. The second-order valence-corrected chi connectivity index (χ2v) is 9.86. The molecule has 1 atom stereocenters. The Morgan fingerprint density at radius 3 is 1.89 bits per heavy atom. The molecule has 1 unspecified atom stereocenters. The van der Waals surface area contributed by atoms with Gasteiger partial charge >= 0.3 is 11.9 Å². The summed E-state index contributed by atoms with van der Waals surface area (Å²) in [5, 5.41) is 11.8. The molecule has 0 spiro atoms. The highest BCUT2D eigenvalue weighted by Crippen LogP contribution is 2.28. The fraction of sp³-hybridized carbons (Fsp3) is 0.393. The van der Waals surface area contributed by atoms with Crippen LogP contribution in [0.5, 0.6) is 0 Å². The molecule has 2 aromatic carbocycles. The topological polar surface area (TPSA) is 102 Å². The van der Waals surface area contributed by atoms with Crippen LogP contribution in [-0.4, -0.2) is 41.7 Å². The van der Waals surface area contributed by atoms with Crippen LogP contribution in [-0.2, 0) is 25.7 Å². The first-order chi connectivity index (χ1) is 16.3. The molecule has 0 heterocycles. The molecule has 0 fully saturated rings. The lowest BCUT2D eigenvalue weighted by Gasteiger charge is -2.33. The smallest absolute Gasteiger partial charge is 0.328 e. The average molecular weight is 480 g/mol. The van der Waals surface area contributed by atoms with E-state index in [-0.39, 0.29) is 13.0 Å². The van der Waals surface area contributed by atoms with Gasteiger partial charge in [0.15, 0.2) is 0 Å². The number of amides is 1. The summed E-state index contributed by atoms with van der Waals surface area (Å²) in [5.74, 6) is 4.46. The minimum atomic E-state index is -1.06. The van der Waals surface area contributed by atoms with Gasteiger partial charge in [-0.1, -0.05) is 37.8 Å². The van der Waals surface area contributed by atoms with Crippen LogP contribution >= 0.6 is 0 Å². The Bertz CT molecular complexity index is 1100. The van der Waals surface area contributed by atoms with E-state index in [2.05, 4.69) is 17.2 Å². The third kappa shape index (κ3) is 8.58. The van der Waals surface area contributed by atoms with Crippen LogP contribution in [0.25, 0.3) is 0 Å². The summed E-state index contributed by atoms with van der Waals surface area (Å²) in [4.78, 5) is 37.7. The maximum atomic E-state index is 12.9.